The Morgan fingerprint density at radius 3 is 2.23 bits per heavy atom. The van der Waals surface area contributed by atoms with Crippen molar-refractivity contribution in [2.75, 3.05) is 11.9 Å². The molecule has 0 radical (unpaired) electrons. The van der Waals surface area contributed by atoms with Crippen molar-refractivity contribution in [1.29, 1.82) is 5.41 Å². The SMILES string of the molecule is N=C1SC(CNc2ccccc2)C(=O)N1/N=C(\N=Nc1ccccc1)c1ccccc1. The molecule has 3 aromatic carbocycles. The molecule has 8 heteroatoms. The summed E-state index contributed by atoms with van der Waals surface area (Å²) in [7, 11) is 0. The highest BCUT2D eigenvalue weighted by Gasteiger charge is 2.37. The molecule has 1 saturated heterocycles. The second-order valence-corrected chi connectivity index (χ2v) is 7.83. The Morgan fingerprint density at radius 2 is 1.55 bits per heavy atom. The summed E-state index contributed by atoms with van der Waals surface area (Å²) < 4.78 is 0. The smallest absolute Gasteiger partial charge is 0.264 e. The molecule has 1 amide bonds. The van der Waals surface area contributed by atoms with Crippen LogP contribution >= 0.6 is 11.8 Å². The van der Waals surface area contributed by atoms with Crippen molar-refractivity contribution in [1.82, 2.24) is 5.01 Å². The van der Waals surface area contributed by atoms with Gasteiger partial charge in [0.25, 0.3) is 5.91 Å². The van der Waals surface area contributed by atoms with Gasteiger partial charge in [-0.05, 0) is 24.3 Å². The maximum atomic E-state index is 12.9. The maximum Gasteiger partial charge on any atom is 0.264 e. The van der Waals surface area contributed by atoms with Crippen molar-refractivity contribution >= 4 is 40.0 Å². The predicted octanol–water partition coefficient (Wildman–Crippen LogP) is 5.12. The van der Waals surface area contributed by atoms with Gasteiger partial charge < -0.3 is 5.32 Å². The fraction of sp³-hybridized carbons (Fsp3) is 0.0870. The van der Waals surface area contributed by atoms with E-state index in [1.165, 1.54) is 11.8 Å². The van der Waals surface area contributed by atoms with Gasteiger partial charge in [-0.3, -0.25) is 10.2 Å². The highest BCUT2D eigenvalue weighted by atomic mass is 32.2. The van der Waals surface area contributed by atoms with Gasteiger partial charge in [-0.15, -0.1) is 15.3 Å². The first-order valence-corrected chi connectivity index (χ1v) is 10.6. The van der Waals surface area contributed by atoms with E-state index in [-0.39, 0.29) is 16.9 Å². The third-order valence-corrected chi connectivity index (χ3v) is 5.49. The first-order valence-electron chi connectivity index (χ1n) is 9.69. The van der Waals surface area contributed by atoms with Gasteiger partial charge in [0.05, 0.1) is 5.69 Å². The van der Waals surface area contributed by atoms with Gasteiger partial charge >= 0.3 is 0 Å². The van der Waals surface area contributed by atoms with E-state index in [1.54, 1.807) is 0 Å². The van der Waals surface area contributed by atoms with Crippen molar-refractivity contribution in [2.45, 2.75) is 5.25 Å². The molecular weight excluding hydrogens is 408 g/mol. The molecule has 0 bridgehead atoms. The van der Waals surface area contributed by atoms with Gasteiger partial charge in [-0.1, -0.05) is 78.5 Å². The lowest BCUT2D eigenvalue weighted by Crippen LogP contribution is -2.31. The normalized spacial score (nSPS) is 16.8. The van der Waals surface area contributed by atoms with Crippen LogP contribution in [0.4, 0.5) is 11.4 Å². The highest BCUT2D eigenvalue weighted by molar-refractivity contribution is 8.15. The topological polar surface area (TPSA) is 93.3 Å². The molecule has 31 heavy (non-hydrogen) atoms. The van der Waals surface area contributed by atoms with Gasteiger partial charge in [-0.25, -0.2) is 0 Å². The summed E-state index contributed by atoms with van der Waals surface area (Å²) in [5, 5.41) is 25.1. The van der Waals surface area contributed by atoms with Crippen molar-refractivity contribution in [3.63, 3.8) is 0 Å². The van der Waals surface area contributed by atoms with Gasteiger partial charge in [0, 0.05) is 17.8 Å². The van der Waals surface area contributed by atoms with E-state index in [0.29, 0.717) is 17.8 Å². The fourth-order valence-electron chi connectivity index (χ4n) is 2.88. The number of amides is 1. The van der Waals surface area contributed by atoms with Crippen molar-refractivity contribution in [3.05, 3.63) is 96.6 Å². The van der Waals surface area contributed by atoms with Crippen molar-refractivity contribution < 1.29 is 4.79 Å². The summed E-state index contributed by atoms with van der Waals surface area (Å²) >= 11 is 1.17. The Kier molecular flexibility index (Phi) is 6.49. The van der Waals surface area contributed by atoms with Crippen LogP contribution < -0.4 is 5.32 Å². The standard InChI is InChI=1S/C23H20N6OS/c24-23-29(22(30)20(31-23)16-25-18-12-6-2-7-13-18)28-21(17-10-4-1-5-11-17)27-26-19-14-8-3-9-15-19/h1-15,20,24-25H,16H2/b24-23?,27-26?,28-21-. The van der Waals surface area contributed by atoms with Crippen LogP contribution in [0.3, 0.4) is 0 Å². The summed E-state index contributed by atoms with van der Waals surface area (Å²) in [6.45, 7) is 0.397. The fourth-order valence-corrected chi connectivity index (χ4v) is 3.75. The van der Waals surface area contributed by atoms with E-state index in [1.807, 2.05) is 91.0 Å². The Hall–Kier alpha value is -3.78. The van der Waals surface area contributed by atoms with Gasteiger partial charge in [0.1, 0.15) is 5.25 Å². The third kappa shape index (κ3) is 5.23. The monoisotopic (exact) mass is 428 g/mol. The van der Waals surface area contributed by atoms with E-state index < -0.39 is 5.25 Å². The van der Waals surface area contributed by atoms with Gasteiger partial charge in [0.2, 0.25) is 5.84 Å². The van der Waals surface area contributed by atoms with E-state index in [9.17, 15) is 4.79 Å². The minimum atomic E-state index is -0.445. The summed E-state index contributed by atoms with van der Waals surface area (Å²) in [5.74, 6) is 0.00148. The zero-order valence-electron chi connectivity index (χ0n) is 16.6. The quantitative estimate of drug-likeness (QED) is 0.324. The summed E-state index contributed by atoms with van der Waals surface area (Å²) in [6.07, 6.45) is 0. The van der Waals surface area contributed by atoms with Crippen LogP contribution in [-0.2, 0) is 4.79 Å². The van der Waals surface area contributed by atoms with E-state index in [4.69, 9.17) is 5.41 Å². The largest absolute Gasteiger partial charge is 0.383 e. The third-order valence-electron chi connectivity index (χ3n) is 4.44. The lowest BCUT2D eigenvalue weighted by molar-refractivity contribution is -0.125. The molecule has 1 atom stereocenters. The van der Waals surface area contributed by atoms with Crippen molar-refractivity contribution in [2.24, 2.45) is 15.3 Å². The zero-order valence-corrected chi connectivity index (χ0v) is 17.4. The Labute approximate surface area is 184 Å². The van der Waals surface area contributed by atoms with Crippen LogP contribution in [0.1, 0.15) is 5.56 Å². The molecule has 7 nitrogen and oxygen atoms in total. The average molecular weight is 429 g/mol. The number of rotatable bonds is 6. The number of azo groups is 1. The van der Waals surface area contributed by atoms with Crippen LogP contribution in [0.5, 0.6) is 0 Å². The Morgan fingerprint density at radius 1 is 0.935 bits per heavy atom. The van der Waals surface area contributed by atoms with Crippen LogP contribution in [0.2, 0.25) is 0 Å². The molecule has 1 aliphatic heterocycles. The molecule has 1 heterocycles. The first-order chi connectivity index (χ1) is 15.2. The molecule has 2 N–H and O–H groups in total. The number of thioether (sulfide) groups is 1. The second kappa shape index (κ2) is 9.82. The number of hydrogen-bond acceptors (Lipinski definition) is 6. The molecule has 1 aliphatic rings. The summed E-state index contributed by atoms with van der Waals surface area (Å²) in [5.41, 5.74) is 2.30. The maximum absolute atomic E-state index is 12.9. The number of amidine groups is 2. The Bertz CT molecular complexity index is 1100. The van der Waals surface area contributed by atoms with Crippen LogP contribution in [0, 0.1) is 5.41 Å². The molecule has 0 spiro atoms. The second-order valence-electron chi connectivity index (χ2n) is 6.63. The number of nitrogens with one attached hydrogen (secondary N) is 2. The van der Waals surface area contributed by atoms with Crippen LogP contribution in [0.15, 0.2) is 106 Å². The molecule has 4 rings (SSSR count). The van der Waals surface area contributed by atoms with E-state index in [2.05, 4.69) is 20.6 Å². The molecule has 0 saturated carbocycles. The number of carbonyl (C=O) groups is 1. The lowest BCUT2D eigenvalue weighted by Gasteiger charge is -2.11. The molecule has 0 aliphatic carbocycles. The number of nitrogens with zero attached hydrogens (tertiary/aromatic N) is 4. The summed E-state index contributed by atoms with van der Waals surface area (Å²) in [6, 6.07) is 28.2. The van der Waals surface area contributed by atoms with Gasteiger partial charge in [0.15, 0.2) is 5.17 Å². The minimum Gasteiger partial charge on any atom is -0.383 e. The first kappa shape index (κ1) is 20.5. The molecule has 1 unspecified atom stereocenters. The lowest BCUT2D eigenvalue weighted by atomic mass is 10.2. The zero-order chi connectivity index (χ0) is 21.5. The minimum absolute atomic E-state index is 0.0632. The van der Waals surface area contributed by atoms with Gasteiger partial charge in [-0.2, -0.15) is 5.01 Å². The van der Waals surface area contributed by atoms with E-state index >= 15 is 0 Å². The predicted molar refractivity (Wildman–Crippen MR) is 125 cm³/mol. The Balaban J connectivity index is 1.55. The highest BCUT2D eigenvalue weighted by Crippen LogP contribution is 2.27. The number of carbonyl (C=O) groups excluding carboxylic acids is 1. The van der Waals surface area contributed by atoms with Crippen LogP contribution in [-0.4, -0.2) is 33.7 Å². The van der Waals surface area contributed by atoms with E-state index in [0.717, 1.165) is 10.7 Å². The molecule has 0 aromatic heterocycles. The number of hydrazone groups is 1. The molecular formula is C23H20N6OS. The molecule has 1 fully saturated rings. The number of para-hydroxylation sites is 1. The number of benzene rings is 3. The number of hydrogen-bond donors (Lipinski definition) is 2. The number of anilines is 1. The summed E-state index contributed by atoms with van der Waals surface area (Å²) in [4.78, 5) is 12.9. The molecule has 3 aromatic rings. The van der Waals surface area contributed by atoms with Crippen molar-refractivity contribution in [3.8, 4) is 0 Å². The van der Waals surface area contributed by atoms with Crippen LogP contribution in [0.25, 0.3) is 0 Å². The average Bonchev–Trinajstić information content (AvgIpc) is 3.09. The molecule has 154 valence electrons.